The van der Waals surface area contributed by atoms with Gasteiger partial charge in [0.15, 0.2) is 0 Å². The Morgan fingerprint density at radius 1 is 1.58 bits per heavy atom. The normalized spacial score (nSPS) is 15.2. The maximum absolute atomic E-state index is 5.85. The summed E-state index contributed by atoms with van der Waals surface area (Å²) in [6.45, 7) is 4.71. The van der Waals surface area contributed by atoms with Crippen molar-refractivity contribution in [2.45, 2.75) is 45.3 Å². The Balaban J connectivity index is 3.43. The van der Waals surface area contributed by atoms with Crippen LogP contribution in [-0.4, -0.2) is 18.8 Å². The van der Waals surface area contributed by atoms with Gasteiger partial charge in [0.1, 0.15) is 0 Å². The van der Waals surface area contributed by atoms with Crippen LogP contribution < -0.4 is 5.73 Å². The number of hydrogen-bond donors (Lipinski definition) is 1. The molecule has 0 radical (unpaired) electrons. The van der Waals surface area contributed by atoms with Gasteiger partial charge >= 0.3 is 0 Å². The number of unbranched alkanes of at least 4 members (excludes halogenated alkanes) is 1. The fourth-order valence-corrected chi connectivity index (χ4v) is 1.06. The predicted octanol–water partition coefficient (Wildman–Crippen LogP) is 1.54. The van der Waals surface area contributed by atoms with Crippen molar-refractivity contribution < 1.29 is 4.74 Å². The lowest BCUT2D eigenvalue weighted by atomic mass is 10.1. The summed E-state index contributed by atoms with van der Waals surface area (Å²) in [5, 5.41) is 0. The highest BCUT2D eigenvalue weighted by Crippen LogP contribution is 2.04. The molecule has 2 atom stereocenters. The minimum atomic E-state index is 0.123. The van der Waals surface area contributed by atoms with Gasteiger partial charge in [-0.05, 0) is 26.7 Å². The maximum Gasteiger partial charge on any atom is 0.0697 e. The van der Waals surface area contributed by atoms with Gasteiger partial charge in [-0.15, -0.1) is 12.3 Å². The Bertz CT molecular complexity index is 139. The summed E-state index contributed by atoms with van der Waals surface area (Å²) in [6, 6.07) is 0.123. The van der Waals surface area contributed by atoms with Crippen LogP contribution in [0.4, 0.5) is 0 Å². The second kappa shape index (κ2) is 7.15. The molecule has 70 valence electrons. The van der Waals surface area contributed by atoms with Gasteiger partial charge in [0.2, 0.25) is 0 Å². The van der Waals surface area contributed by atoms with E-state index in [0.29, 0.717) is 0 Å². The Kier molecular flexibility index (Phi) is 6.84. The van der Waals surface area contributed by atoms with Gasteiger partial charge in [-0.1, -0.05) is 0 Å². The molecule has 0 aliphatic carbocycles. The molecule has 2 unspecified atom stereocenters. The highest BCUT2D eigenvalue weighted by Gasteiger charge is 2.11. The van der Waals surface area contributed by atoms with E-state index in [1.165, 1.54) is 0 Å². The van der Waals surface area contributed by atoms with Crippen LogP contribution in [0.3, 0.4) is 0 Å². The van der Waals surface area contributed by atoms with Gasteiger partial charge in [-0.3, -0.25) is 0 Å². The average Bonchev–Trinajstić information content (AvgIpc) is 2.05. The Labute approximate surface area is 75.5 Å². The topological polar surface area (TPSA) is 35.2 Å². The quantitative estimate of drug-likeness (QED) is 0.483. The van der Waals surface area contributed by atoms with Crippen molar-refractivity contribution in [1.82, 2.24) is 0 Å². The average molecular weight is 169 g/mol. The van der Waals surface area contributed by atoms with Gasteiger partial charge in [0.25, 0.3) is 0 Å². The molecule has 2 nitrogen and oxygen atoms in total. The first-order valence-electron chi connectivity index (χ1n) is 4.53. The van der Waals surface area contributed by atoms with Crippen LogP contribution in [0.2, 0.25) is 0 Å². The Morgan fingerprint density at radius 2 is 2.25 bits per heavy atom. The molecule has 2 N–H and O–H groups in total. The van der Waals surface area contributed by atoms with Crippen molar-refractivity contribution in [2.24, 2.45) is 5.73 Å². The van der Waals surface area contributed by atoms with Crippen LogP contribution in [-0.2, 0) is 4.74 Å². The lowest BCUT2D eigenvalue weighted by Gasteiger charge is -2.19. The summed E-state index contributed by atoms with van der Waals surface area (Å²) >= 11 is 0. The lowest BCUT2D eigenvalue weighted by molar-refractivity contribution is 0.0552. The molecule has 0 aromatic rings. The van der Waals surface area contributed by atoms with Crippen LogP contribution in [0.15, 0.2) is 0 Å². The van der Waals surface area contributed by atoms with Crippen molar-refractivity contribution >= 4 is 0 Å². The Morgan fingerprint density at radius 3 is 2.75 bits per heavy atom. The van der Waals surface area contributed by atoms with Crippen molar-refractivity contribution in [3.8, 4) is 12.3 Å². The Hall–Kier alpha value is -0.520. The monoisotopic (exact) mass is 169 g/mol. The van der Waals surface area contributed by atoms with Crippen LogP contribution in [0.1, 0.15) is 33.1 Å². The molecule has 0 saturated carbocycles. The SMILES string of the molecule is C#CCCCC(N)C(C)OCC. The fraction of sp³-hybridized carbons (Fsp3) is 0.800. The summed E-state index contributed by atoms with van der Waals surface area (Å²) < 4.78 is 5.36. The lowest BCUT2D eigenvalue weighted by Crippen LogP contribution is -2.34. The number of hydrogen-bond acceptors (Lipinski definition) is 2. The second-order valence-corrected chi connectivity index (χ2v) is 2.92. The molecule has 12 heavy (non-hydrogen) atoms. The van der Waals surface area contributed by atoms with E-state index in [9.17, 15) is 0 Å². The van der Waals surface area contributed by atoms with E-state index in [2.05, 4.69) is 5.92 Å². The van der Waals surface area contributed by atoms with Gasteiger partial charge < -0.3 is 10.5 Å². The van der Waals surface area contributed by atoms with Crippen molar-refractivity contribution in [3.63, 3.8) is 0 Å². The summed E-state index contributed by atoms with van der Waals surface area (Å²) in [4.78, 5) is 0. The van der Waals surface area contributed by atoms with Gasteiger partial charge in [0, 0.05) is 19.1 Å². The minimum absolute atomic E-state index is 0.123. The first-order chi connectivity index (χ1) is 5.72. The third-order valence-corrected chi connectivity index (χ3v) is 1.89. The van der Waals surface area contributed by atoms with Crippen molar-refractivity contribution in [3.05, 3.63) is 0 Å². The highest BCUT2D eigenvalue weighted by molar-refractivity contribution is 4.84. The second-order valence-electron chi connectivity index (χ2n) is 2.92. The first-order valence-corrected chi connectivity index (χ1v) is 4.53. The summed E-state index contributed by atoms with van der Waals surface area (Å²) in [6.07, 6.45) is 8.03. The molecular formula is C10H19NO. The van der Waals surface area contributed by atoms with E-state index < -0.39 is 0 Å². The van der Waals surface area contributed by atoms with Gasteiger partial charge in [-0.25, -0.2) is 0 Å². The zero-order valence-electron chi connectivity index (χ0n) is 8.05. The summed E-state index contributed by atoms with van der Waals surface area (Å²) in [7, 11) is 0. The highest BCUT2D eigenvalue weighted by atomic mass is 16.5. The van der Waals surface area contributed by atoms with Crippen LogP contribution in [0, 0.1) is 12.3 Å². The van der Waals surface area contributed by atoms with E-state index in [4.69, 9.17) is 16.9 Å². The third kappa shape index (κ3) is 5.17. The molecule has 0 aromatic heterocycles. The molecule has 0 fully saturated rings. The zero-order chi connectivity index (χ0) is 9.40. The summed E-state index contributed by atoms with van der Waals surface area (Å²) in [5.41, 5.74) is 5.85. The zero-order valence-corrected chi connectivity index (χ0v) is 8.05. The van der Waals surface area contributed by atoms with Crippen molar-refractivity contribution in [1.29, 1.82) is 0 Å². The smallest absolute Gasteiger partial charge is 0.0697 e. The number of rotatable bonds is 6. The molecule has 0 bridgehead atoms. The van der Waals surface area contributed by atoms with E-state index >= 15 is 0 Å². The van der Waals surface area contributed by atoms with Crippen LogP contribution in [0.25, 0.3) is 0 Å². The first kappa shape index (κ1) is 11.5. The van der Waals surface area contributed by atoms with Gasteiger partial charge in [-0.2, -0.15) is 0 Å². The van der Waals surface area contributed by atoms with Gasteiger partial charge in [0.05, 0.1) is 6.10 Å². The number of nitrogens with two attached hydrogens (primary N) is 1. The van der Waals surface area contributed by atoms with E-state index in [0.717, 1.165) is 25.9 Å². The van der Waals surface area contributed by atoms with E-state index in [1.54, 1.807) is 0 Å². The van der Waals surface area contributed by atoms with E-state index in [-0.39, 0.29) is 12.1 Å². The molecule has 0 rings (SSSR count). The fourth-order valence-electron chi connectivity index (χ4n) is 1.06. The van der Waals surface area contributed by atoms with E-state index in [1.807, 2.05) is 13.8 Å². The molecule has 0 heterocycles. The van der Waals surface area contributed by atoms with Crippen molar-refractivity contribution in [2.75, 3.05) is 6.61 Å². The third-order valence-electron chi connectivity index (χ3n) is 1.89. The largest absolute Gasteiger partial charge is 0.377 e. The molecular weight excluding hydrogens is 150 g/mol. The number of ether oxygens (including phenoxy) is 1. The molecule has 0 aromatic carbocycles. The minimum Gasteiger partial charge on any atom is -0.377 e. The predicted molar refractivity (Wildman–Crippen MR) is 51.7 cm³/mol. The molecule has 0 aliphatic rings. The molecule has 2 heteroatoms. The molecule has 0 aliphatic heterocycles. The standard InChI is InChI=1S/C10H19NO/c1-4-6-7-8-10(11)9(3)12-5-2/h1,9-10H,5-8,11H2,2-3H3. The van der Waals surface area contributed by atoms with Crippen LogP contribution >= 0.6 is 0 Å². The molecule has 0 amide bonds. The molecule has 0 saturated heterocycles. The number of terminal acetylenes is 1. The maximum atomic E-state index is 5.85. The summed E-state index contributed by atoms with van der Waals surface area (Å²) in [5.74, 6) is 2.60. The molecule has 0 spiro atoms. The van der Waals surface area contributed by atoms with Crippen LogP contribution in [0.5, 0.6) is 0 Å².